The summed E-state index contributed by atoms with van der Waals surface area (Å²) in [5.41, 5.74) is 0.0250. The first-order valence-corrected chi connectivity index (χ1v) is 8.55. The average Bonchev–Trinajstić information content (AvgIpc) is 2.85. The highest BCUT2D eigenvalue weighted by Gasteiger charge is 2.46. The first kappa shape index (κ1) is 18.3. The van der Waals surface area contributed by atoms with Gasteiger partial charge >= 0.3 is 12.2 Å². The molecular weight excluding hydrogens is 341 g/mol. The number of amides is 2. The molecule has 3 nitrogen and oxygen atoms in total. The normalized spacial score (nSPS) is 20.7. The number of nitrogens with zero attached hydrogens (tertiary/aromatic N) is 2. The summed E-state index contributed by atoms with van der Waals surface area (Å²) in [6, 6.07) is 14.5. The van der Waals surface area contributed by atoms with Gasteiger partial charge in [-0.2, -0.15) is 13.2 Å². The van der Waals surface area contributed by atoms with Gasteiger partial charge in [-0.25, -0.2) is 4.79 Å². The molecule has 0 saturated carbocycles. The zero-order chi connectivity index (χ0) is 18.9. The smallest absolute Gasteiger partial charge is 0.322 e. The highest BCUT2D eigenvalue weighted by atomic mass is 19.4. The Morgan fingerprint density at radius 3 is 2.38 bits per heavy atom. The van der Waals surface area contributed by atoms with Crippen LogP contribution in [-0.4, -0.2) is 29.6 Å². The van der Waals surface area contributed by atoms with E-state index < -0.39 is 17.3 Å². The van der Waals surface area contributed by atoms with Gasteiger partial charge in [0.2, 0.25) is 0 Å². The summed E-state index contributed by atoms with van der Waals surface area (Å²) in [5, 5.41) is 0. The van der Waals surface area contributed by atoms with E-state index in [1.54, 1.807) is 15.9 Å². The molecule has 1 atom stereocenters. The molecule has 0 radical (unpaired) electrons. The highest BCUT2D eigenvalue weighted by Crippen LogP contribution is 2.36. The van der Waals surface area contributed by atoms with Gasteiger partial charge in [0, 0.05) is 18.8 Å². The number of alkyl halides is 3. The van der Waals surface area contributed by atoms with Crippen molar-refractivity contribution < 1.29 is 18.0 Å². The molecule has 1 fully saturated rings. The van der Waals surface area contributed by atoms with Gasteiger partial charge < -0.3 is 4.90 Å². The quantitative estimate of drug-likeness (QED) is 0.753. The standard InChI is InChI=1S/C20H21F3N2O/c1-3-24-14-19(2,25(18(24)26)17-10-5-4-6-11-17)13-15-8-7-9-16(12-15)20(21,22)23/h4-12H,3,13-14H2,1-2H3. The molecule has 3 rings (SSSR count). The Labute approximate surface area is 151 Å². The lowest BCUT2D eigenvalue weighted by molar-refractivity contribution is -0.137. The molecule has 2 aromatic rings. The minimum atomic E-state index is -4.38. The molecule has 6 heteroatoms. The molecule has 26 heavy (non-hydrogen) atoms. The highest BCUT2D eigenvalue weighted by molar-refractivity contribution is 5.96. The van der Waals surface area contributed by atoms with Crippen molar-refractivity contribution in [1.29, 1.82) is 0 Å². The summed E-state index contributed by atoms with van der Waals surface area (Å²) < 4.78 is 39.1. The van der Waals surface area contributed by atoms with Gasteiger partial charge in [-0.15, -0.1) is 0 Å². The lowest BCUT2D eigenvalue weighted by Crippen LogP contribution is -2.46. The first-order valence-electron chi connectivity index (χ1n) is 8.55. The Hall–Kier alpha value is -2.50. The summed E-state index contributed by atoms with van der Waals surface area (Å²) in [4.78, 5) is 16.3. The van der Waals surface area contributed by atoms with Crippen LogP contribution in [0.2, 0.25) is 0 Å². The van der Waals surface area contributed by atoms with Crippen LogP contribution in [0.3, 0.4) is 0 Å². The fourth-order valence-corrected chi connectivity index (χ4v) is 3.60. The number of para-hydroxylation sites is 1. The number of halogens is 3. The van der Waals surface area contributed by atoms with Crippen molar-refractivity contribution in [2.24, 2.45) is 0 Å². The van der Waals surface area contributed by atoms with E-state index in [1.807, 2.05) is 44.2 Å². The Morgan fingerprint density at radius 1 is 1.08 bits per heavy atom. The zero-order valence-corrected chi connectivity index (χ0v) is 14.8. The summed E-state index contributed by atoms with van der Waals surface area (Å²) >= 11 is 0. The van der Waals surface area contributed by atoms with Crippen LogP contribution < -0.4 is 4.90 Å². The van der Waals surface area contributed by atoms with Gasteiger partial charge in [0.1, 0.15) is 0 Å². The molecule has 1 aliphatic rings. The number of hydrogen-bond donors (Lipinski definition) is 0. The SMILES string of the molecule is CCN1CC(C)(Cc2cccc(C(F)(F)F)c2)N(c2ccccc2)C1=O. The summed E-state index contributed by atoms with van der Waals surface area (Å²) in [6.45, 7) is 4.85. The molecule has 0 bridgehead atoms. The molecule has 0 aromatic heterocycles. The third kappa shape index (κ3) is 3.41. The maximum atomic E-state index is 13.0. The van der Waals surface area contributed by atoms with E-state index in [0.717, 1.165) is 11.8 Å². The van der Waals surface area contributed by atoms with Gasteiger partial charge in [-0.05, 0) is 44.0 Å². The van der Waals surface area contributed by atoms with Crippen molar-refractivity contribution >= 4 is 11.7 Å². The molecule has 2 amide bonds. The molecule has 138 valence electrons. The van der Waals surface area contributed by atoms with Gasteiger partial charge in [0.05, 0.1) is 11.1 Å². The second-order valence-corrected chi connectivity index (χ2v) is 6.84. The molecule has 2 aromatic carbocycles. The number of hydrogen-bond acceptors (Lipinski definition) is 1. The van der Waals surface area contributed by atoms with Crippen LogP contribution in [0.5, 0.6) is 0 Å². The van der Waals surface area contributed by atoms with Crippen LogP contribution in [0.25, 0.3) is 0 Å². The van der Waals surface area contributed by atoms with Crippen molar-refractivity contribution in [2.75, 3.05) is 18.0 Å². The second kappa shape index (κ2) is 6.67. The second-order valence-electron chi connectivity index (χ2n) is 6.84. The summed E-state index contributed by atoms with van der Waals surface area (Å²) in [5.74, 6) is 0. The van der Waals surface area contributed by atoms with E-state index in [2.05, 4.69) is 0 Å². The van der Waals surface area contributed by atoms with Crippen LogP contribution in [0.1, 0.15) is 25.0 Å². The van der Waals surface area contributed by atoms with Crippen molar-refractivity contribution in [3.8, 4) is 0 Å². The zero-order valence-electron chi connectivity index (χ0n) is 14.8. The lowest BCUT2D eigenvalue weighted by Gasteiger charge is -2.34. The monoisotopic (exact) mass is 362 g/mol. The number of urea groups is 1. The number of anilines is 1. The maximum Gasteiger partial charge on any atom is 0.416 e. The molecule has 1 unspecified atom stereocenters. The van der Waals surface area contributed by atoms with Gasteiger partial charge in [0.15, 0.2) is 0 Å². The van der Waals surface area contributed by atoms with Gasteiger partial charge in [0.25, 0.3) is 0 Å². The fraction of sp³-hybridized carbons (Fsp3) is 0.350. The van der Waals surface area contributed by atoms with Gasteiger partial charge in [-0.3, -0.25) is 4.90 Å². The Kier molecular flexibility index (Phi) is 4.69. The fourth-order valence-electron chi connectivity index (χ4n) is 3.60. The molecule has 1 saturated heterocycles. The van der Waals surface area contributed by atoms with Crippen molar-refractivity contribution in [3.63, 3.8) is 0 Å². The minimum absolute atomic E-state index is 0.117. The largest absolute Gasteiger partial charge is 0.416 e. The number of likely N-dealkylation sites (N-methyl/N-ethyl adjacent to an activating group) is 1. The minimum Gasteiger partial charge on any atom is -0.322 e. The average molecular weight is 362 g/mol. The summed E-state index contributed by atoms with van der Waals surface area (Å²) in [7, 11) is 0. The van der Waals surface area contributed by atoms with Gasteiger partial charge in [-0.1, -0.05) is 36.4 Å². The Bertz CT molecular complexity index is 791. The van der Waals surface area contributed by atoms with Crippen LogP contribution in [0.4, 0.5) is 23.7 Å². The molecule has 0 N–H and O–H groups in total. The number of carbonyl (C=O) groups excluding carboxylic acids is 1. The third-order valence-electron chi connectivity index (χ3n) is 4.77. The summed E-state index contributed by atoms with van der Waals surface area (Å²) in [6.07, 6.45) is -4.04. The lowest BCUT2D eigenvalue weighted by atomic mass is 9.90. The van der Waals surface area contributed by atoms with Crippen LogP contribution in [0, 0.1) is 0 Å². The number of benzene rings is 2. The van der Waals surface area contributed by atoms with E-state index in [9.17, 15) is 18.0 Å². The van der Waals surface area contributed by atoms with Crippen molar-refractivity contribution in [3.05, 3.63) is 65.7 Å². The van der Waals surface area contributed by atoms with Crippen LogP contribution in [-0.2, 0) is 12.6 Å². The van der Waals surface area contributed by atoms with E-state index in [0.29, 0.717) is 25.1 Å². The molecular formula is C20H21F3N2O. The predicted octanol–water partition coefficient (Wildman–Crippen LogP) is 4.97. The Morgan fingerprint density at radius 2 is 1.77 bits per heavy atom. The third-order valence-corrected chi connectivity index (χ3v) is 4.77. The van der Waals surface area contributed by atoms with E-state index in [1.165, 1.54) is 12.1 Å². The van der Waals surface area contributed by atoms with E-state index >= 15 is 0 Å². The van der Waals surface area contributed by atoms with Crippen LogP contribution in [0.15, 0.2) is 54.6 Å². The Balaban J connectivity index is 1.97. The molecule has 0 spiro atoms. The molecule has 0 aliphatic carbocycles. The predicted molar refractivity (Wildman–Crippen MR) is 95.1 cm³/mol. The van der Waals surface area contributed by atoms with Crippen molar-refractivity contribution in [1.82, 2.24) is 4.90 Å². The topological polar surface area (TPSA) is 23.6 Å². The maximum absolute atomic E-state index is 13.0. The van der Waals surface area contributed by atoms with Crippen molar-refractivity contribution in [2.45, 2.75) is 32.0 Å². The van der Waals surface area contributed by atoms with E-state index in [-0.39, 0.29) is 6.03 Å². The number of rotatable bonds is 4. The van der Waals surface area contributed by atoms with E-state index in [4.69, 9.17) is 0 Å². The molecule has 1 heterocycles. The first-order chi connectivity index (χ1) is 12.2. The number of carbonyl (C=O) groups is 1. The van der Waals surface area contributed by atoms with Crippen LogP contribution >= 0.6 is 0 Å². The molecule has 1 aliphatic heterocycles.